The maximum atomic E-state index is 14.3. The zero-order valence-corrected chi connectivity index (χ0v) is 14.5. The standard InChI is InChI=1S/C19H17FN2O2S/c1-24-12-7-5-11(6-8-12)9-13-16(10-17(21)23)22-15-4-2-3-14(20)18(15)19(13)25/h2-8H,9-10H2,1H3,(H2,21,23)(H,22,25). The van der Waals surface area contributed by atoms with Crippen molar-refractivity contribution in [1.82, 2.24) is 4.98 Å². The fraction of sp³-hybridized carbons (Fsp3) is 0.158. The number of amides is 1. The van der Waals surface area contributed by atoms with Gasteiger partial charge < -0.3 is 15.5 Å². The minimum Gasteiger partial charge on any atom is -0.497 e. The number of carbonyl (C=O) groups is 1. The van der Waals surface area contributed by atoms with Crippen LogP contribution < -0.4 is 10.5 Å². The predicted octanol–water partition coefficient (Wildman–Crippen LogP) is 3.66. The van der Waals surface area contributed by atoms with Gasteiger partial charge in [-0.15, -0.1) is 0 Å². The SMILES string of the molecule is COc1ccc(Cc2c(CC(N)=O)[nH]c3cccc(F)c3c2=S)cc1. The van der Waals surface area contributed by atoms with Gasteiger partial charge in [0, 0.05) is 17.6 Å². The van der Waals surface area contributed by atoms with Crippen LogP contribution in [0.15, 0.2) is 42.5 Å². The molecule has 3 rings (SSSR count). The Hall–Kier alpha value is -2.73. The number of nitrogens with two attached hydrogens (primary N) is 1. The molecular formula is C19H17FN2O2S. The number of hydrogen-bond acceptors (Lipinski definition) is 3. The van der Waals surface area contributed by atoms with Crippen LogP contribution in [0.5, 0.6) is 5.75 Å². The number of aromatic nitrogens is 1. The summed E-state index contributed by atoms with van der Waals surface area (Å²) in [5.74, 6) is -0.117. The summed E-state index contributed by atoms with van der Waals surface area (Å²) in [7, 11) is 1.60. The summed E-state index contributed by atoms with van der Waals surface area (Å²) < 4.78 is 19.8. The van der Waals surface area contributed by atoms with Crippen molar-refractivity contribution in [2.75, 3.05) is 7.11 Å². The van der Waals surface area contributed by atoms with Gasteiger partial charge in [-0.2, -0.15) is 0 Å². The van der Waals surface area contributed by atoms with Crippen molar-refractivity contribution in [1.29, 1.82) is 0 Å². The third-order valence-corrected chi connectivity index (χ3v) is 4.51. The molecule has 0 aliphatic heterocycles. The second kappa shape index (κ2) is 7.03. The van der Waals surface area contributed by atoms with Crippen LogP contribution in [0.3, 0.4) is 0 Å². The van der Waals surface area contributed by atoms with Gasteiger partial charge in [-0.1, -0.05) is 30.4 Å². The highest BCUT2D eigenvalue weighted by molar-refractivity contribution is 7.71. The van der Waals surface area contributed by atoms with Crippen molar-refractivity contribution in [3.05, 3.63) is 69.6 Å². The van der Waals surface area contributed by atoms with Crippen molar-refractivity contribution >= 4 is 29.0 Å². The molecule has 0 saturated carbocycles. The maximum Gasteiger partial charge on any atom is 0.223 e. The van der Waals surface area contributed by atoms with Gasteiger partial charge in [0.25, 0.3) is 0 Å². The lowest BCUT2D eigenvalue weighted by molar-refractivity contribution is -0.117. The molecular weight excluding hydrogens is 339 g/mol. The average molecular weight is 356 g/mol. The first-order valence-corrected chi connectivity index (χ1v) is 8.14. The van der Waals surface area contributed by atoms with Crippen molar-refractivity contribution in [3.8, 4) is 5.75 Å². The first-order chi connectivity index (χ1) is 12.0. The number of hydrogen-bond donors (Lipinski definition) is 2. The van der Waals surface area contributed by atoms with Gasteiger partial charge >= 0.3 is 0 Å². The lowest BCUT2D eigenvalue weighted by Crippen LogP contribution is -2.16. The van der Waals surface area contributed by atoms with E-state index in [4.69, 9.17) is 22.7 Å². The number of benzene rings is 2. The minimum atomic E-state index is -0.475. The Labute approximate surface area is 149 Å². The van der Waals surface area contributed by atoms with Crippen LogP contribution in [0.4, 0.5) is 4.39 Å². The summed E-state index contributed by atoms with van der Waals surface area (Å²) in [4.78, 5) is 14.6. The number of fused-ring (bicyclic) bond motifs is 1. The summed E-state index contributed by atoms with van der Waals surface area (Å²) in [5.41, 5.74) is 8.22. The van der Waals surface area contributed by atoms with E-state index in [-0.39, 0.29) is 12.2 Å². The van der Waals surface area contributed by atoms with E-state index in [0.717, 1.165) is 11.3 Å². The Morgan fingerprint density at radius 1 is 1.24 bits per heavy atom. The predicted molar refractivity (Wildman–Crippen MR) is 97.8 cm³/mol. The lowest BCUT2D eigenvalue weighted by Gasteiger charge is -2.13. The summed E-state index contributed by atoms with van der Waals surface area (Å²) in [6.45, 7) is 0. The van der Waals surface area contributed by atoms with E-state index < -0.39 is 5.91 Å². The van der Waals surface area contributed by atoms with E-state index in [1.807, 2.05) is 24.3 Å². The van der Waals surface area contributed by atoms with E-state index in [0.29, 0.717) is 33.1 Å². The third kappa shape index (κ3) is 3.53. The van der Waals surface area contributed by atoms with Crippen LogP contribution >= 0.6 is 12.2 Å². The Bertz CT molecular complexity index is 997. The third-order valence-electron chi connectivity index (χ3n) is 4.06. The number of H-pyrrole nitrogens is 1. The molecule has 0 spiro atoms. The zero-order valence-electron chi connectivity index (χ0n) is 13.6. The Morgan fingerprint density at radius 3 is 2.60 bits per heavy atom. The number of carbonyl (C=O) groups excluding carboxylic acids is 1. The zero-order chi connectivity index (χ0) is 18.0. The largest absolute Gasteiger partial charge is 0.497 e. The highest BCUT2D eigenvalue weighted by atomic mass is 32.1. The molecule has 0 fully saturated rings. The number of ether oxygens (including phenoxy) is 1. The summed E-state index contributed by atoms with van der Waals surface area (Å²) in [6, 6.07) is 12.2. The van der Waals surface area contributed by atoms with Gasteiger partial charge in [0.15, 0.2) is 0 Å². The van der Waals surface area contributed by atoms with Gasteiger partial charge in [0.05, 0.1) is 23.4 Å². The number of halogens is 1. The fourth-order valence-electron chi connectivity index (χ4n) is 2.84. The normalized spacial score (nSPS) is 10.8. The van der Waals surface area contributed by atoms with Crippen LogP contribution in [0.2, 0.25) is 0 Å². The van der Waals surface area contributed by atoms with Gasteiger partial charge in [-0.05, 0) is 35.4 Å². The molecule has 0 bridgehead atoms. The number of methoxy groups -OCH3 is 1. The smallest absolute Gasteiger partial charge is 0.223 e. The second-order valence-electron chi connectivity index (χ2n) is 5.74. The molecule has 1 aromatic heterocycles. The van der Waals surface area contributed by atoms with Gasteiger partial charge in [-0.3, -0.25) is 4.79 Å². The van der Waals surface area contributed by atoms with Gasteiger partial charge in [0.2, 0.25) is 5.91 Å². The topological polar surface area (TPSA) is 68.1 Å². The van der Waals surface area contributed by atoms with Gasteiger partial charge in [-0.25, -0.2) is 4.39 Å². The Morgan fingerprint density at radius 2 is 1.96 bits per heavy atom. The molecule has 2 aromatic carbocycles. The molecule has 1 heterocycles. The molecule has 6 heteroatoms. The highest BCUT2D eigenvalue weighted by Gasteiger charge is 2.14. The molecule has 1 amide bonds. The number of primary amides is 1. The van der Waals surface area contributed by atoms with E-state index in [9.17, 15) is 9.18 Å². The second-order valence-corrected chi connectivity index (χ2v) is 6.15. The van der Waals surface area contributed by atoms with Gasteiger partial charge in [0.1, 0.15) is 11.6 Å². The number of nitrogens with one attached hydrogen (secondary N) is 1. The molecule has 0 aliphatic carbocycles. The van der Waals surface area contributed by atoms with Crippen LogP contribution in [0.25, 0.3) is 10.9 Å². The molecule has 4 nitrogen and oxygen atoms in total. The monoisotopic (exact) mass is 356 g/mol. The molecule has 0 atom stereocenters. The number of pyridine rings is 1. The highest BCUT2D eigenvalue weighted by Crippen LogP contribution is 2.25. The summed E-state index contributed by atoms with van der Waals surface area (Å²) in [6.07, 6.45) is 0.480. The first-order valence-electron chi connectivity index (χ1n) is 7.73. The van der Waals surface area contributed by atoms with E-state index >= 15 is 0 Å². The molecule has 128 valence electrons. The molecule has 0 unspecified atom stereocenters. The molecule has 0 radical (unpaired) electrons. The number of rotatable bonds is 5. The Kier molecular flexibility index (Phi) is 4.81. The van der Waals surface area contributed by atoms with E-state index in [1.54, 1.807) is 19.2 Å². The minimum absolute atomic E-state index is 0.0155. The number of aromatic amines is 1. The molecule has 3 aromatic rings. The molecule has 25 heavy (non-hydrogen) atoms. The van der Waals surface area contributed by atoms with E-state index in [2.05, 4.69) is 4.98 Å². The van der Waals surface area contributed by atoms with Crippen molar-refractivity contribution in [3.63, 3.8) is 0 Å². The summed E-state index contributed by atoms with van der Waals surface area (Å²) in [5, 5.41) is 0.356. The maximum absolute atomic E-state index is 14.3. The van der Waals surface area contributed by atoms with Crippen molar-refractivity contribution < 1.29 is 13.9 Å². The van der Waals surface area contributed by atoms with Crippen LogP contribution in [0.1, 0.15) is 16.8 Å². The molecule has 0 saturated heterocycles. The molecule has 0 aliphatic rings. The van der Waals surface area contributed by atoms with Crippen LogP contribution in [0, 0.1) is 10.3 Å². The average Bonchev–Trinajstić information content (AvgIpc) is 2.58. The fourth-order valence-corrected chi connectivity index (χ4v) is 3.25. The lowest BCUT2D eigenvalue weighted by atomic mass is 9.99. The van der Waals surface area contributed by atoms with E-state index in [1.165, 1.54) is 6.07 Å². The van der Waals surface area contributed by atoms with Crippen molar-refractivity contribution in [2.24, 2.45) is 5.73 Å². The first kappa shape index (κ1) is 17.1. The summed E-state index contributed by atoms with van der Waals surface area (Å²) >= 11 is 5.53. The Balaban J connectivity index is 2.15. The van der Waals surface area contributed by atoms with Crippen molar-refractivity contribution in [2.45, 2.75) is 12.8 Å². The van der Waals surface area contributed by atoms with Crippen LogP contribution in [-0.2, 0) is 17.6 Å². The molecule has 3 N–H and O–H groups in total. The van der Waals surface area contributed by atoms with Crippen LogP contribution in [-0.4, -0.2) is 18.0 Å². The quantitative estimate of drug-likeness (QED) is 0.686.